The van der Waals surface area contributed by atoms with Gasteiger partial charge in [-0.25, -0.2) is 12.1 Å². The molecule has 0 bridgehead atoms. The van der Waals surface area contributed by atoms with Gasteiger partial charge in [-0.2, -0.15) is 21.9 Å². The maximum absolute atomic E-state index is 3.05. The van der Waals surface area contributed by atoms with Crippen LogP contribution in [0.1, 0.15) is 0 Å². The first kappa shape index (κ1) is 13.6. The third kappa shape index (κ3) is 3.40. The molecule has 0 saturated heterocycles. The van der Waals surface area contributed by atoms with E-state index >= 15 is 0 Å². The van der Waals surface area contributed by atoms with Crippen LogP contribution in [0.25, 0.3) is 9.75 Å². The molecule has 0 aliphatic heterocycles. The first-order valence-corrected chi connectivity index (χ1v) is 4.52. The van der Waals surface area contributed by atoms with Gasteiger partial charge in [-0.1, -0.05) is 0 Å². The minimum absolute atomic E-state index is 0. The number of thiophene rings is 2. The monoisotopic (exact) mass is 342 g/mol. The first-order chi connectivity index (χ1) is 4.97. The Morgan fingerprint density at radius 2 is 1.25 bits per heavy atom. The summed E-state index contributed by atoms with van der Waals surface area (Å²) >= 11 is 3.29. The fourth-order valence-electron chi connectivity index (χ4n) is 0.747. The summed E-state index contributed by atoms with van der Waals surface area (Å²) in [4.78, 5) is 2.57. The zero-order chi connectivity index (χ0) is 6.81. The quantitative estimate of drug-likeness (QED) is 0.699. The van der Waals surface area contributed by atoms with E-state index in [9.17, 15) is 0 Å². The van der Waals surface area contributed by atoms with Gasteiger partial charge in [-0.3, -0.25) is 0 Å². The van der Waals surface area contributed by atoms with Crippen molar-refractivity contribution in [1.82, 2.24) is 0 Å². The van der Waals surface area contributed by atoms with E-state index in [1.165, 1.54) is 9.75 Å². The van der Waals surface area contributed by atoms with Gasteiger partial charge in [0.25, 0.3) is 0 Å². The molecule has 56 valence electrons. The van der Waals surface area contributed by atoms with Crippen LogP contribution < -0.4 is 0 Å². The summed E-state index contributed by atoms with van der Waals surface area (Å²) in [6, 6.07) is 8.04. The van der Waals surface area contributed by atoms with Gasteiger partial charge in [0.1, 0.15) is 0 Å². The van der Waals surface area contributed by atoms with Gasteiger partial charge in [0.05, 0.1) is 0 Å². The van der Waals surface area contributed by atoms with Crippen molar-refractivity contribution < 1.29 is 65.4 Å². The second-order valence-corrected chi connectivity index (χ2v) is 3.59. The average molecular weight is 342 g/mol. The molecule has 2 heterocycles. The van der Waals surface area contributed by atoms with Crippen LogP contribution in [0.2, 0.25) is 0 Å². The van der Waals surface area contributed by atoms with Crippen molar-refractivity contribution in [1.29, 1.82) is 0 Å². The van der Waals surface area contributed by atoms with Gasteiger partial charge in [-0.05, 0) is 0 Å². The predicted octanol–water partition coefficient (Wildman–Crippen LogP) is 3.07. The molecule has 0 saturated carbocycles. The van der Waals surface area contributed by atoms with Crippen molar-refractivity contribution in [2.24, 2.45) is 0 Å². The van der Waals surface area contributed by atoms with Crippen molar-refractivity contribution in [2.75, 3.05) is 0 Å². The number of hydrogen-bond acceptors (Lipinski definition) is 2. The molecule has 0 fully saturated rings. The van der Waals surface area contributed by atoms with Gasteiger partial charge in [-0.15, -0.1) is 10.8 Å². The molecular weight excluding hydrogens is 338 g/mol. The Morgan fingerprint density at radius 1 is 0.833 bits per heavy atom. The number of hydrogen-bond donors (Lipinski definition) is 0. The summed E-state index contributed by atoms with van der Waals surface area (Å²) in [6.45, 7) is 0. The Kier molecular flexibility index (Phi) is 7.91. The van der Waals surface area contributed by atoms with Crippen LogP contribution in [0, 0.1) is 10.8 Å². The average Bonchev–Trinajstić information content (AvgIpc) is 2.59. The molecule has 2 rings (SSSR count). The maximum atomic E-state index is 3.05. The van der Waals surface area contributed by atoms with Crippen LogP contribution >= 0.6 is 22.7 Å². The van der Waals surface area contributed by atoms with Gasteiger partial charge in [0, 0.05) is 65.4 Å². The molecule has 4 heteroatoms. The maximum Gasteiger partial charge on any atom is 0 e. The Hall–Kier alpha value is 1.61. The van der Waals surface area contributed by atoms with E-state index in [1.54, 1.807) is 22.7 Å². The summed E-state index contributed by atoms with van der Waals surface area (Å²) < 4.78 is 0. The van der Waals surface area contributed by atoms with Gasteiger partial charge >= 0.3 is 0 Å². The molecule has 0 unspecified atom stereocenters. The Morgan fingerprint density at radius 3 is 1.50 bits per heavy atom. The molecule has 0 aliphatic rings. The third-order valence-corrected chi connectivity index (χ3v) is 2.98. The van der Waals surface area contributed by atoms with E-state index < -0.39 is 0 Å². The molecule has 0 spiro atoms. The Balaban J connectivity index is 0.000000605. The third-order valence-electron chi connectivity index (χ3n) is 1.19. The van der Waals surface area contributed by atoms with Crippen molar-refractivity contribution in [3.05, 3.63) is 35.0 Å². The van der Waals surface area contributed by atoms with Crippen LogP contribution in [0.3, 0.4) is 0 Å². The topological polar surface area (TPSA) is 0 Å². The van der Waals surface area contributed by atoms with E-state index in [-0.39, 0.29) is 65.4 Å². The van der Waals surface area contributed by atoms with Crippen molar-refractivity contribution in [3.8, 4) is 9.75 Å². The van der Waals surface area contributed by atoms with Crippen molar-refractivity contribution in [2.45, 2.75) is 0 Å². The summed E-state index contributed by atoms with van der Waals surface area (Å²) in [6.07, 6.45) is 0. The van der Waals surface area contributed by atoms with Crippen LogP contribution in [0.15, 0.2) is 24.3 Å². The molecule has 0 nitrogen and oxygen atoms in total. The Bertz CT molecular complexity index is 254. The van der Waals surface area contributed by atoms with E-state index in [4.69, 9.17) is 0 Å². The fraction of sp³-hybridized carbons (Fsp3) is 0. The molecule has 12 heavy (non-hydrogen) atoms. The van der Waals surface area contributed by atoms with Gasteiger partial charge < -0.3 is 22.7 Å². The zero-order valence-corrected chi connectivity index (χ0v) is 13.6. The summed E-state index contributed by atoms with van der Waals surface area (Å²) in [5.41, 5.74) is 0. The molecule has 2 aromatic rings. The summed E-state index contributed by atoms with van der Waals surface area (Å²) in [5.74, 6) is 0. The molecule has 2 aromatic heterocycles. The van der Waals surface area contributed by atoms with E-state index in [0.29, 0.717) is 0 Å². The second kappa shape index (κ2) is 6.97. The minimum atomic E-state index is 0. The van der Waals surface area contributed by atoms with Crippen molar-refractivity contribution >= 4 is 22.7 Å². The predicted molar refractivity (Wildman–Crippen MR) is 45.3 cm³/mol. The molecule has 0 N–H and O–H groups in total. The SMILES string of the molecule is [Y].[Y].[c-]1ccc(-c2cc[c-]s2)s1. The molecule has 0 amide bonds. The zero-order valence-electron chi connectivity index (χ0n) is 6.28. The normalized spacial score (nSPS) is 8.33. The molecule has 0 aromatic carbocycles. The smallest absolute Gasteiger partial charge is 0 e. The first-order valence-electron chi connectivity index (χ1n) is 2.89. The van der Waals surface area contributed by atoms with Crippen LogP contribution in [0.4, 0.5) is 0 Å². The van der Waals surface area contributed by atoms with Crippen LogP contribution in [-0.4, -0.2) is 0 Å². The Labute approximate surface area is 131 Å². The standard InChI is InChI=1S/C8H4S2.2Y/c1-3-7(9-5-1)8-4-2-6-10-8;;/h1-4H;;/q-2;;. The van der Waals surface area contributed by atoms with Crippen LogP contribution in [0.5, 0.6) is 0 Å². The fourth-order valence-corrected chi connectivity index (χ4v) is 2.13. The van der Waals surface area contributed by atoms with Gasteiger partial charge in [0.2, 0.25) is 0 Å². The largest absolute Gasteiger partial charge is 0.309 e. The molecule has 0 aliphatic carbocycles. The van der Waals surface area contributed by atoms with Crippen LogP contribution in [-0.2, 0) is 65.4 Å². The molecular formula is C8H4S2Y2-2. The number of rotatable bonds is 1. The minimum Gasteiger partial charge on any atom is -0.309 e. The van der Waals surface area contributed by atoms with E-state index in [2.05, 4.69) is 22.9 Å². The van der Waals surface area contributed by atoms with E-state index in [0.717, 1.165) is 0 Å². The van der Waals surface area contributed by atoms with E-state index in [1.807, 2.05) is 12.1 Å². The summed E-state index contributed by atoms with van der Waals surface area (Å²) in [7, 11) is 0. The molecule has 2 radical (unpaired) electrons. The molecule has 0 atom stereocenters. The van der Waals surface area contributed by atoms with Gasteiger partial charge in [0.15, 0.2) is 0 Å². The van der Waals surface area contributed by atoms with Crippen molar-refractivity contribution in [3.63, 3.8) is 0 Å². The second-order valence-electron chi connectivity index (χ2n) is 1.83. The summed E-state index contributed by atoms with van der Waals surface area (Å²) in [5, 5.41) is 6.10.